The lowest BCUT2D eigenvalue weighted by atomic mass is 9.70. The van der Waals surface area contributed by atoms with E-state index in [0.29, 0.717) is 6.04 Å². The summed E-state index contributed by atoms with van der Waals surface area (Å²) in [5, 5.41) is 3.62. The molecule has 0 amide bonds. The van der Waals surface area contributed by atoms with E-state index in [9.17, 15) is 0 Å². The molecule has 21 heavy (non-hydrogen) atoms. The van der Waals surface area contributed by atoms with Crippen LogP contribution >= 0.6 is 15.9 Å². The van der Waals surface area contributed by atoms with E-state index >= 15 is 0 Å². The van der Waals surface area contributed by atoms with Crippen molar-refractivity contribution in [2.24, 2.45) is 5.92 Å². The number of likely N-dealkylation sites (N-methyl/N-ethyl adjacent to an activating group) is 2. The Morgan fingerprint density at radius 1 is 1.33 bits per heavy atom. The molecule has 0 aromatic heterocycles. The minimum absolute atomic E-state index is 0.281. The van der Waals surface area contributed by atoms with Gasteiger partial charge in [-0.3, -0.25) is 0 Å². The van der Waals surface area contributed by atoms with E-state index in [4.69, 9.17) is 0 Å². The maximum Gasteiger partial charge on any atom is 0.0359 e. The lowest BCUT2D eigenvalue weighted by Gasteiger charge is -2.50. The molecule has 118 valence electrons. The van der Waals surface area contributed by atoms with Crippen LogP contribution in [0.3, 0.4) is 0 Å². The van der Waals surface area contributed by atoms with Crippen LogP contribution in [0.1, 0.15) is 38.2 Å². The Morgan fingerprint density at radius 2 is 2.00 bits per heavy atom. The van der Waals surface area contributed by atoms with Crippen LogP contribution in [0.15, 0.2) is 28.7 Å². The standard InChI is InChI=1S/C18H29BrN2/c1-14-8-10-18(11-9-14,21(3)4)17(20-2)13-15-6-5-7-16(19)12-15/h5-7,12,14,17,20H,8-11,13H2,1-4H3. The highest BCUT2D eigenvalue weighted by Crippen LogP contribution is 2.38. The Morgan fingerprint density at radius 3 is 2.52 bits per heavy atom. The van der Waals surface area contributed by atoms with Gasteiger partial charge in [-0.15, -0.1) is 0 Å². The summed E-state index contributed by atoms with van der Waals surface area (Å²) in [6, 6.07) is 9.22. The van der Waals surface area contributed by atoms with Crippen molar-refractivity contribution in [3.05, 3.63) is 34.3 Å². The van der Waals surface area contributed by atoms with E-state index in [1.807, 2.05) is 0 Å². The van der Waals surface area contributed by atoms with Gasteiger partial charge in [0.2, 0.25) is 0 Å². The van der Waals surface area contributed by atoms with E-state index < -0.39 is 0 Å². The second-order valence-corrected chi connectivity index (χ2v) is 7.77. The van der Waals surface area contributed by atoms with Gasteiger partial charge in [-0.2, -0.15) is 0 Å². The van der Waals surface area contributed by atoms with Crippen molar-refractivity contribution >= 4 is 15.9 Å². The number of rotatable bonds is 5. The molecule has 0 spiro atoms. The summed E-state index contributed by atoms with van der Waals surface area (Å²) in [7, 11) is 6.62. The van der Waals surface area contributed by atoms with E-state index in [1.165, 1.54) is 35.7 Å². The molecule has 1 fully saturated rings. The lowest BCUT2D eigenvalue weighted by Crippen LogP contribution is -2.60. The fourth-order valence-corrected chi connectivity index (χ4v) is 4.28. The first-order valence-corrected chi connectivity index (χ1v) is 8.86. The van der Waals surface area contributed by atoms with E-state index in [1.54, 1.807) is 0 Å². The molecule has 1 N–H and O–H groups in total. The topological polar surface area (TPSA) is 15.3 Å². The SMILES string of the molecule is CNC(Cc1cccc(Br)c1)C1(N(C)C)CCC(C)CC1. The third kappa shape index (κ3) is 3.88. The molecule has 1 atom stereocenters. The van der Waals surface area contributed by atoms with Crippen molar-refractivity contribution in [1.29, 1.82) is 0 Å². The third-order valence-corrected chi connectivity index (χ3v) is 5.85. The fourth-order valence-electron chi connectivity index (χ4n) is 3.83. The zero-order valence-corrected chi connectivity index (χ0v) is 15.4. The van der Waals surface area contributed by atoms with Gasteiger partial charge in [0.05, 0.1) is 0 Å². The molecule has 0 saturated heterocycles. The normalized spacial score (nSPS) is 27.8. The van der Waals surface area contributed by atoms with Crippen LogP contribution in [-0.2, 0) is 6.42 Å². The zero-order valence-electron chi connectivity index (χ0n) is 13.8. The van der Waals surface area contributed by atoms with Crippen LogP contribution in [0.5, 0.6) is 0 Å². The van der Waals surface area contributed by atoms with E-state index in [0.717, 1.165) is 12.3 Å². The van der Waals surface area contributed by atoms with Gasteiger partial charge in [-0.05, 0) is 76.9 Å². The molecule has 1 aliphatic rings. The Labute approximate surface area is 138 Å². The summed E-state index contributed by atoms with van der Waals surface area (Å²) in [5.74, 6) is 0.876. The van der Waals surface area contributed by atoms with Crippen molar-refractivity contribution in [2.75, 3.05) is 21.1 Å². The minimum Gasteiger partial charge on any atom is -0.315 e. The van der Waals surface area contributed by atoms with Gasteiger partial charge in [0.25, 0.3) is 0 Å². The zero-order chi connectivity index (χ0) is 15.5. The summed E-state index contributed by atoms with van der Waals surface area (Å²) in [6.45, 7) is 2.39. The first-order chi connectivity index (χ1) is 9.98. The number of benzene rings is 1. The number of hydrogen-bond donors (Lipinski definition) is 1. The van der Waals surface area contributed by atoms with Gasteiger partial charge in [0, 0.05) is 16.1 Å². The molecule has 2 nitrogen and oxygen atoms in total. The van der Waals surface area contributed by atoms with Crippen LogP contribution in [0.25, 0.3) is 0 Å². The summed E-state index contributed by atoms with van der Waals surface area (Å²) in [6.07, 6.45) is 6.35. The second-order valence-electron chi connectivity index (χ2n) is 6.86. The van der Waals surface area contributed by atoms with Gasteiger partial charge < -0.3 is 10.2 Å². The molecule has 3 heteroatoms. The van der Waals surface area contributed by atoms with E-state index in [-0.39, 0.29) is 5.54 Å². The van der Waals surface area contributed by atoms with Gasteiger partial charge >= 0.3 is 0 Å². The van der Waals surface area contributed by atoms with Crippen molar-refractivity contribution in [3.8, 4) is 0 Å². The van der Waals surface area contributed by atoms with Gasteiger partial charge in [0.1, 0.15) is 0 Å². The van der Waals surface area contributed by atoms with Crippen LogP contribution in [0.2, 0.25) is 0 Å². The average Bonchev–Trinajstić information content (AvgIpc) is 2.46. The fraction of sp³-hybridized carbons (Fsp3) is 0.667. The summed E-state index contributed by atoms with van der Waals surface area (Å²) < 4.78 is 1.17. The van der Waals surface area contributed by atoms with Gasteiger partial charge in [-0.1, -0.05) is 35.0 Å². The number of nitrogens with one attached hydrogen (secondary N) is 1. The molecular formula is C18H29BrN2. The monoisotopic (exact) mass is 352 g/mol. The summed E-state index contributed by atoms with van der Waals surface area (Å²) in [4.78, 5) is 2.47. The largest absolute Gasteiger partial charge is 0.315 e. The van der Waals surface area contributed by atoms with Crippen LogP contribution in [0, 0.1) is 5.92 Å². The number of nitrogens with zero attached hydrogens (tertiary/aromatic N) is 1. The van der Waals surface area contributed by atoms with Gasteiger partial charge in [0.15, 0.2) is 0 Å². The summed E-state index contributed by atoms with van der Waals surface area (Å²) >= 11 is 3.59. The molecule has 0 aliphatic heterocycles. The highest BCUT2D eigenvalue weighted by atomic mass is 79.9. The van der Waals surface area contributed by atoms with Crippen molar-refractivity contribution in [1.82, 2.24) is 10.2 Å². The smallest absolute Gasteiger partial charge is 0.0359 e. The molecule has 1 aromatic carbocycles. The minimum atomic E-state index is 0.281. The predicted octanol–water partition coefficient (Wildman–Crippen LogP) is 4.09. The third-order valence-electron chi connectivity index (χ3n) is 5.36. The Bertz CT molecular complexity index is 450. The maximum atomic E-state index is 3.62. The average molecular weight is 353 g/mol. The molecular weight excluding hydrogens is 324 g/mol. The number of halogens is 1. The first kappa shape index (κ1) is 17.0. The molecule has 0 radical (unpaired) electrons. The molecule has 2 rings (SSSR count). The van der Waals surface area contributed by atoms with E-state index in [2.05, 4.69) is 78.5 Å². The number of hydrogen-bond acceptors (Lipinski definition) is 2. The quantitative estimate of drug-likeness (QED) is 0.858. The second kappa shape index (κ2) is 7.26. The van der Waals surface area contributed by atoms with Crippen LogP contribution in [-0.4, -0.2) is 37.6 Å². The Kier molecular flexibility index (Phi) is 5.87. The predicted molar refractivity (Wildman–Crippen MR) is 94.7 cm³/mol. The Hall–Kier alpha value is -0.380. The van der Waals surface area contributed by atoms with Crippen molar-refractivity contribution in [2.45, 2.75) is 50.6 Å². The highest BCUT2D eigenvalue weighted by molar-refractivity contribution is 9.10. The van der Waals surface area contributed by atoms with Gasteiger partial charge in [-0.25, -0.2) is 0 Å². The molecule has 1 unspecified atom stereocenters. The Balaban J connectivity index is 2.20. The maximum absolute atomic E-state index is 3.62. The molecule has 0 heterocycles. The van der Waals surface area contributed by atoms with Crippen LogP contribution in [0.4, 0.5) is 0 Å². The van der Waals surface area contributed by atoms with Crippen molar-refractivity contribution in [3.63, 3.8) is 0 Å². The molecule has 1 aromatic rings. The first-order valence-electron chi connectivity index (χ1n) is 8.07. The molecule has 1 saturated carbocycles. The lowest BCUT2D eigenvalue weighted by molar-refractivity contribution is 0.0461. The van der Waals surface area contributed by atoms with Crippen LogP contribution < -0.4 is 5.32 Å². The highest BCUT2D eigenvalue weighted by Gasteiger charge is 2.42. The molecule has 1 aliphatic carbocycles. The molecule has 0 bridgehead atoms. The summed E-state index contributed by atoms with van der Waals surface area (Å²) in [5.41, 5.74) is 1.69. The van der Waals surface area contributed by atoms with Crippen molar-refractivity contribution < 1.29 is 0 Å².